The highest BCUT2D eigenvalue weighted by Gasteiger charge is 2.29. The maximum Gasteiger partial charge on any atom is 0.235 e. The van der Waals surface area contributed by atoms with Crippen molar-refractivity contribution in [2.75, 3.05) is 0 Å². The monoisotopic (exact) mass is 364 g/mol. The van der Waals surface area contributed by atoms with E-state index >= 15 is 0 Å². The van der Waals surface area contributed by atoms with Gasteiger partial charge in [-0.15, -0.1) is 10.2 Å². The molecule has 2 unspecified atom stereocenters. The van der Waals surface area contributed by atoms with Crippen LogP contribution in [-0.2, 0) is 0 Å². The average molecular weight is 364 g/mol. The molecule has 2 N–H and O–H groups in total. The Labute approximate surface area is 147 Å². The first-order valence-corrected chi connectivity index (χ1v) is 9.01. The second-order valence-corrected chi connectivity index (χ2v) is 7.67. The van der Waals surface area contributed by atoms with E-state index in [9.17, 15) is 8.78 Å². The van der Waals surface area contributed by atoms with E-state index in [1.165, 1.54) is 15.9 Å². The molecule has 0 radical (unpaired) electrons. The molecule has 2 atom stereocenters. The lowest BCUT2D eigenvalue weighted by molar-refractivity contribution is 0.446. The smallest absolute Gasteiger partial charge is 0.235 e. The molecule has 0 aliphatic carbocycles. The molecule has 9 heteroatoms. The molecule has 25 heavy (non-hydrogen) atoms. The van der Waals surface area contributed by atoms with E-state index in [1.807, 2.05) is 0 Å². The largest absolute Gasteiger partial charge is 0.254 e. The van der Waals surface area contributed by atoms with Crippen molar-refractivity contribution in [1.29, 1.82) is 0 Å². The fraction of sp³-hybridized carbons (Fsp3) is 0.438. The number of nitrogens with one attached hydrogen (secondary N) is 2. The molecular formula is C16H18F2N6S. The molecule has 6 nitrogen and oxygen atoms in total. The van der Waals surface area contributed by atoms with Crippen LogP contribution in [0.5, 0.6) is 0 Å². The minimum atomic E-state index is -0.553. The number of aromatic nitrogens is 4. The lowest BCUT2D eigenvalue weighted by Crippen LogP contribution is -2.31. The van der Waals surface area contributed by atoms with Gasteiger partial charge < -0.3 is 0 Å². The van der Waals surface area contributed by atoms with Gasteiger partial charge in [-0.1, -0.05) is 25.2 Å². The first-order valence-electron chi connectivity index (χ1n) is 8.20. The number of fused-ring (bicyclic) bond motifs is 1. The third-order valence-corrected chi connectivity index (χ3v) is 5.22. The molecule has 0 saturated carbocycles. The fourth-order valence-electron chi connectivity index (χ4n) is 3.12. The van der Waals surface area contributed by atoms with Gasteiger partial charge in [0, 0.05) is 6.04 Å². The lowest BCUT2D eigenvalue weighted by atomic mass is 10.0. The topological polar surface area (TPSA) is 67.1 Å². The van der Waals surface area contributed by atoms with Gasteiger partial charge in [0.05, 0.1) is 11.6 Å². The molecule has 1 aliphatic rings. The van der Waals surface area contributed by atoms with Crippen molar-refractivity contribution in [3.05, 3.63) is 34.8 Å². The van der Waals surface area contributed by atoms with Gasteiger partial charge in [0.1, 0.15) is 16.6 Å². The van der Waals surface area contributed by atoms with Gasteiger partial charge in [-0.25, -0.2) is 14.2 Å². The quantitative estimate of drug-likeness (QED) is 0.745. The van der Waals surface area contributed by atoms with Crippen molar-refractivity contribution in [2.45, 2.75) is 38.8 Å². The van der Waals surface area contributed by atoms with Crippen LogP contribution in [0.2, 0.25) is 0 Å². The highest BCUT2D eigenvalue weighted by atomic mass is 32.1. The minimum absolute atomic E-state index is 0.0551. The normalized spacial score (nSPS) is 20.8. The van der Waals surface area contributed by atoms with Gasteiger partial charge >= 0.3 is 0 Å². The summed E-state index contributed by atoms with van der Waals surface area (Å²) in [5.74, 6) is -0.262. The van der Waals surface area contributed by atoms with E-state index in [0.717, 1.165) is 36.0 Å². The molecule has 0 spiro atoms. The van der Waals surface area contributed by atoms with Crippen molar-refractivity contribution in [3.8, 4) is 11.4 Å². The maximum atomic E-state index is 14.0. The number of halogens is 2. The Kier molecular flexibility index (Phi) is 4.22. The fourth-order valence-corrected chi connectivity index (χ4v) is 4.02. The molecule has 0 amide bonds. The Hall–Kier alpha value is -1.97. The molecular weight excluding hydrogens is 346 g/mol. The standard InChI is InChI=1S/C16H18F2N6S/c1-8(2)5-10-7-13(20-19-10)15-23-24-14(21-22-16(24)25-15)11-6-9(17)3-4-12(11)18/h3-4,6,8,10,13,19-20H,5,7H2,1-2H3. The van der Waals surface area contributed by atoms with Crippen LogP contribution in [0.15, 0.2) is 18.2 Å². The summed E-state index contributed by atoms with van der Waals surface area (Å²) in [5.41, 5.74) is 6.61. The Morgan fingerprint density at radius 3 is 2.92 bits per heavy atom. The van der Waals surface area contributed by atoms with Gasteiger partial charge in [0.15, 0.2) is 5.82 Å². The molecule has 1 fully saturated rings. The highest BCUT2D eigenvalue weighted by Crippen LogP contribution is 2.30. The number of hydrazine groups is 1. The van der Waals surface area contributed by atoms with Crippen LogP contribution in [-0.4, -0.2) is 25.9 Å². The van der Waals surface area contributed by atoms with Crippen LogP contribution in [0.3, 0.4) is 0 Å². The number of hydrogen-bond acceptors (Lipinski definition) is 6. The van der Waals surface area contributed by atoms with Crippen molar-refractivity contribution in [1.82, 2.24) is 30.7 Å². The summed E-state index contributed by atoms with van der Waals surface area (Å²) in [6.07, 6.45) is 2.00. The Balaban J connectivity index is 1.64. The molecule has 1 aromatic carbocycles. The molecule has 3 aromatic rings. The summed E-state index contributed by atoms with van der Waals surface area (Å²) in [6.45, 7) is 4.38. The van der Waals surface area contributed by atoms with Gasteiger partial charge in [-0.05, 0) is 37.0 Å². The van der Waals surface area contributed by atoms with Crippen molar-refractivity contribution < 1.29 is 8.78 Å². The van der Waals surface area contributed by atoms with E-state index in [0.29, 0.717) is 16.9 Å². The number of rotatable bonds is 4. The summed E-state index contributed by atoms with van der Waals surface area (Å²) < 4.78 is 29.0. The third kappa shape index (κ3) is 3.14. The van der Waals surface area contributed by atoms with Crippen LogP contribution >= 0.6 is 11.3 Å². The number of benzene rings is 1. The molecule has 3 heterocycles. The second kappa shape index (κ2) is 6.40. The number of hydrogen-bond donors (Lipinski definition) is 2. The van der Waals surface area contributed by atoms with Gasteiger partial charge in [0.2, 0.25) is 4.96 Å². The van der Waals surface area contributed by atoms with Gasteiger partial charge in [-0.3, -0.25) is 5.43 Å². The Morgan fingerprint density at radius 2 is 2.12 bits per heavy atom. The van der Waals surface area contributed by atoms with E-state index < -0.39 is 11.6 Å². The maximum absolute atomic E-state index is 14.0. The SMILES string of the molecule is CC(C)CC1CC(c2nn3c(-c4cc(F)ccc4F)nnc3s2)NN1. The van der Waals surface area contributed by atoms with E-state index in [2.05, 4.69) is 40.0 Å². The first-order chi connectivity index (χ1) is 12.0. The van der Waals surface area contributed by atoms with Gasteiger partial charge in [0.25, 0.3) is 0 Å². The summed E-state index contributed by atoms with van der Waals surface area (Å²) in [6, 6.07) is 3.73. The molecule has 2 aromatic heterocycles. The molecule has 1 saturated heterocycles. The number of nitrogens with zero attached hydrogens (tertiary/aromatic N) is 4. The minimum Gasteiger partial charge on any atom is -0.254 e. The second-order valence-electron chi connectivity index (χ2n) is 6.69. The zero-order chi connectivity index (χ0) is 17.6. The first kappa shape index (κ1) is 16.5. The average Bonchev–Trinajstić information content (AvgIpc) is 3.24. The van der Waals surface area contributed by atoms with Gasteiger partial charge in [-0.2, -0.15) is 9.61 Å². The van der Waals surface area contributed by atoms with Crippen molar-refractivity contribution >= 4 is 16.3 Å². The third-order valence-electron chi connectivity index (χ3n) is 4.21. The molecule has 4 rings (SSSR count). The van der Waals surface area contributed by atoms with Crippen LogP contribution in [0, 0.1) is 17.6 Å². The van der Waals surface area contributed by atoms with E-state index in [-0.39, 0.29) is 17.4 Å². The highest BCUT2D eigenvalue weighted by molar-refractivity contribution is 7.16. The van der Waals surface area contributed by atoms with Crippen LogP contribution < -0.4 is 10.9 Å². The zero-order valence-electron chi connectivity index (χ0n) is 13.8. The lowest BCUT2D eigenvalue weighted by Gasteiger charge is -2.10. The molecule has 0 bridgehead atoms. The summed E-state index contributed by atoms with van der Waals surface area (Å²) in [4.78, 5) is 0.558. The van der Waals surface area contributed by atoms with Crippen molar-refractivity contribution in [2.24, 2.45) is 5.92 Å². The predicted molar refractivity (Wildman–Crippen MR) is 90.9 cm³/mol. The molecule has 132 valence electrons. The van der Waals surface area contributed by atoms with E-state index in [4.69, 9.17) is 0 Å². The summed E-state index contributed by atoms with van der Waals surface area (Å²) in [5, 5.41) is 13.4. The zero-order valence-corrected chi connectivity index (χ0v) is 14.6. The van der Waals surface area contributed by atoms with Crippen LogP contribution in [0.25, 0.3) is 16.3 Å². The molecule has 1 aliphatic heterocycles. The summed E-state index contributed by atoms with van der Waals surface area (Å²) >= 11 is 1.40. The Morgan fingerprint density at radius 1 is 1.28 bits per heavy atom. The predicted octanol–water partition coefficient (Wildman–Crippen LogP) is 3.08. The van der Waals surface area contributed by atoms with Crippen molar-refractivity contribution in [3.63, 3.8) is 0 Å². The Bertz CT molecular complexity index is 905. The van der Waals surface area contributed by atoms with E-state index in [1.54, 1.807) is 0 Å². The van der Waals surface area contributed by atoms with Crippen LogP contribution in [0.4, 0.5) is 8.78 Å². The van der Waals surface area contributed by atoms with Crippen LogP contribution in [0.1, 0.15) is 37.7 Å². The summed E-state index contributed by atoms with van der Waals surface area (Å²) in [7, 11) is 0.